The molecule has 0 atom stereocenters. The number of nitrogen functional groups attached to an aromatic ring is 1. The minimum absolute atomic E-state index is 0. The Hall–Kier alpha value is -2.15. The van der Waals surface area contributed by atoms with Crippen molar-refractivity contribution in [1.29, 1.82) is 0 Å². The molecule has 1 heterocycles. The van der Waals surface area contributed by atoms with E-state index in [0.29, 0.717) is 40.3 Å². The van der Waals surface area contributed by atoms with Crippen LogP contribution in [0.5, 0.6) is 17.2 Å². The van der Waals surface area contributed by atoms with Crippen LogP contribution in [0.1, 0.15) is 37.7 Å². The van der Waals surface area contributed by atoms with Crippen LogP contribution in [0.4, 0.5) is 5.69 Å². The monoisotopic (exact) mass is 510 g/mol. The summed E-state index contributed by atoms with van der Waals surface area (Å²) >= 11 is 6.33. The zero-order chi connectivity index (χ0) is 23.8. The van der Waals surface area contributed by atoms with E-state index in [1.54, 1.807) is 27.4 Å². The minimum atomic E-state index is 0. The van der Waals surface area contributed by atoms with E-state index >= 15 is 0 Å². The van der Waals surface area contributed by atoms with Crippen LogP contribution in [0.2, 0.25) is 5.02 Å². The molecule has 3 rings (SSSR count). The van der Waals surface area contributed by atoms with Gasteiger partial charge < -0.3 is 29.6 Å². The van der Waals surface area contributed by atoms with Crippen molar-refractivity contribution >= 4 is 36.0 Å². The van der Waals surface area contributed by atoms with Gasteiger partial charge in [0.15, 0.2) is 11.5 Å². The zero-order valence-corrected chi connectivity index (χ0v) is 21.8. The van der Waals surface area contributed by atoms with Crippen molar-refractivity contribution < 1.29 is 19.0 Å². The third kappa shape index (κ3) is 6.94. The zero-order valence-electron chi connectivity index (χ0n) is 20.3. The fraction of sp³-hybridized carbons (Fsp3) is 0.500. The molecule has 6 nitrogen and oxygen atoms in total. The number of hydrogen-bond acceptors (Lipinski definition) is 6. The van der Waals surface area contributed by atoms with Crippen molar-refractivity contribution in [3.63, 3.8) is 0 Å². The van der Waals surface area contributed by atoms with E-state index in [9.17, 15) is 4.79 Å². The Labute approximate surface area is 214 Å². The number of ether oxygens (including phenoxy) is 3. The predicted molar refractivity (Wildman–Crippen MR) is 141 cm³/mol. The topological polar surface area (TPSA) is 74.0 Å². The number of aldehydes is 1. The number of benzene rings is 2. The number of halogens is 2. The molecule has 1 aliphatic rings. The Morgan fingerprint density at radius 1 is 1.03 bits per heavy atom. The maximum atomic E-state index is 10.6. The number of carbonyl (C=O) groups excluding carboxylic acids is 1. The van der Waals surface area contributed by atoms with Gasteiger partial charge in [0, 0.05) is 23.6 Å². The summed E-state index contributed by atoms with van der Waals surface area (Å²) in [6, 6.07) is 7.71. The standard InChI is InChI=1S/C26H35ClN2O4.ClH/c1-31-24-17-23(28)22(27)16-20(24)21-14-19(15-25(32-2)26(21)33-3)6-4-10-29-11-8-18(9-12-29)7-5-13-30;/h13-18H,4-12,28H2,1-3H3;1H. The van der Waals surface area contributed by atoms with Gasteiger partial charge in [0.05, 0.1) is 32.0 Å². The Morgan fingerprint density at radius 2 is 1.74 bits per heavy atom. The Kier molecular flexibility index (Phi) is 11.3. The van der Waals surface area contributed by atoms with Crippen molar-refractivity contribution in [2.45, 2.75) is 38.5 Å². The SMILES string of the molecule is COc1cc(N)c(Cl)cc1-c1cc(CCCN2CCC(CCC=O)CC2)cc(OC)c1OC.Cl. The van der Waals surface area contributed by atoms with Gasteiger partial charge in [0.25, 0.3) is 0 Å². The van der Waals surface area contributed by atoms with Crippen LogP contribution < -0.4 is 19.9 Å². The first-order valence-corrected chi connectivity index (χ1v) is 11.9. The Balaban J connectivity index is 0.00000408. The highest BCUT2D eigenvalue weighted by atomic mass is 35.5. The number of methoxy groups -OCH3 is 3. The van der Waals surface area contributed by atoms with Crippen LogP contribution in [-0.2, 0) is 11.2 Å². The van der Waals surface area contributed by atoms with E-state index in [0.717, 1.165) is 56.3 Å². The molecule has 0 radical (unpaired) electrons. The van der Waals surface area contributed by atoms with Crippen LogP contribution in [0.25, 0.3) is 11.1 Å². The number of rotatable bonds is 11. The number of anilines is 1. The molecular formula is C26H36Cl2N2O4. The molecule has 34 heavy (non-hydrogen) atoms. The highest BCUT2D eigenvalue weighted by Crippen LogP contribution is 2.45. The first-order valence-electron chi connectivity index (χ1n) is 11.5. The number of aryl methyl sites for hydroxylation is 1. The molecule has 8 heteroatoms. The first-order chi connectivity index (χ1) is 16.0. The first kappa shape index (κ1) is 28.1. The molecule has 0 unspecified atom stereocenters. The van der Waals surface area contributed by atoms with E-state index in [4.69, 9.17) is 31.5 Å². The summed E-state index contributed by atoms with van der Waals surface area (Å²) in [6.45, 7) is 3.28. The van der Waals surface area contributed by atoms with Crippen molar-refractivity contribution in [2.24, 2.45) is 5.92 Å². The summed E-state index contributed by atoms with van der Waals surface area (Å²) in [4.78, 5) is 13.1. The maximum absolute atomic E-state index is 10.6. The second-order valence-corrected chi connectivity index (χ2v) is 8.99. The molecule has 0 saturated carbocycles. The number of likely N-dealkylation sites (tertiary alicyclic amines) is 1. The van der Waals surface area contributed by atoms with E-state index in [2.05, 4.69) is 11.0 Å². The molecule has 2 aromatic carbocycles. The normalized spacial score (nSPS) is 14.4. The summed E-state index contributed by atoms with van der Waals surface area (Å²) in [5.74, 6) is 2.64. The molecule has 2 N–H and O–H groups in total. The molecule has 1 saturated heterocycles. The molecule has 0 amide bonds. The van der Waals surface area contributed by atoms with Crippen LogP contribution in [0, 0.1) is 5.92 Å². The largest absolute Gasteiger partial charge is 0.496 e. The van der Waals surface area contributed by atoms with Crippen molar-refractivity contribution in [2.75, 3.05) is 46.7 Å². The summed E-state index contributed by atoms with van der Waals surface area (Å²) < 4.78 is 16.9. The number of hydrogen-bond donors (Lipinski definition) is 1. The fourth-order valence-electron chi connectivity index (χ4n) is 4.62. The third-order valence-corrected chi connectivity index (χ3v) is 6.81. The van der Waals surface area contributed by atoms with Gasteiger partial charge in [-0.1, -0.05) is 11.6 Å². The summed E-state index contributed by atoms with van der Waals surface area (Å²) in [5.41, 5.74) is 9.29. The molecule has 1 fully saturated rings. The molecule has 0 aromatic heterocycles. The van der Waals surface area contributed by atoms with Gasteiger partial charge in [0.2, 0.25) is 0 Å². The number of piperidine rings is 1. The second-order valence-electron chi connectivity index (χ2n) is 8.59. The van der Waals surface area contributed by atoms with Crippen molar-refractivity contribution in [3.8, 4) is 28.4 Å². The van der Waals surface area contributed by atoms with E-state index < -0.39 is 0 Å². The van der Waals surface area contributed by atoms with Crippen molar-refractivity contribution in [3.05, 3.63) is 34.9 Å². The van der Waals surface area contributed by atoms with Crippen LogP contribution in [0.15, 0.2) is 24.3 Å². The number of nitrogens with two attached hydrogens (primary N) is 1. The highest BCUT2D eigenvalue weighted by Gasteiger charge is 2.20. The second kappa shape index (κ2) is 13.7. The van der Waals surface area contributed by atoms with Gasteiger partial charge in [-0.2, -0.15) is 0 Å². The lowest BCUT2D eigenvalue weighted by molar-refractivity contribution is -0.108. The van der Waals surface area contributed by atoms with Crippen LogP contribution in [-0.4, -0.2) is 52.1 Å². The molecule has 1 aliphatic heterocycles. The maximum Gasteiger partial charge on any atom is 0.168 e. The average molecular weight is 511 g/mol. The highest BCUT2D eigenvalue weighted by molar-refractivity contribution is 6.33. The lowest BCUT2D eigenvalue weighted by Crippen LogP contribution is -2.34. The Bertz CT molecular complexity index is 947. The van der Waals surface area contributed by atoms with Crippen molar-refractivity contribution in [1.82, 2.24) is 4.90 Å². The Morgan fingerprint density at radius 3 is 2.35 bits per heavy atom. The molecule has 2 aromatic rings. The van der Waals surface area contributed by atoms with Gasteiger partial charge in [-0.15, -0.1) is 12.4 Å². The van der Waals surface area contributed by atoms with Crippen LogP contribution in [0.3, 0.4) is 0 Å². The summed E-state index contributed by atoms with van der Waals surface area (Å²) in [6.07, 6.45) is 7.10. The predicted octanol–water partition coefficient (Wildman–Crippen LogP) is 5.66. The minimum Gasteiger partial charge on any atom is -0.496 e. The quantitative estimate of drug-likeness (QED) is 0.310. The summed E-state index contributed by atoms with van der Waals surface area (Å²) in [7, 11) is 4.89. The van der Waals surface area contributed by atoms with Gasteiger partial charge in [-0.25, -0.2) is 0 Å². The lowest BCUT2D eigenvalue weighted by Gasteiger charge is -2.31. The van der Waals surface area contributed by atoms with Crippen LogP contribution >= 0.6 is 24.0 Å². The van der Waals surface area contributed by atoms with Gasteiger partial charge in [-0.05, 0) is 81.4 Å². The van der Waals surface area contributed by atoms with E-state index in [1.165, 1.54) is 18.4 Å². The summed E-state index contributed by atoms with van der Waals surface area (Å²) in [5, 5.41) is 0.466. The molecule has 188 valence electrons. The number of nitrogens with zero attached hydrogens (tertiary/aromatic N) is 1. The fourth-order valence-corrected chi connectivity index (χ4v) is 4.79. The molecule has 0 aliphatic carbocycles. The van der Waals surface area contributed by atoms with Gasteiger partial charge >= 0.3 is 0 Å². The smallest absolute Gasteiger partial charge is 0.168 e. The molecule has 0 bridgehead atoms. The van der Waals surface area contributed by atoms with E-state index in [1.807, 2.05) is 12.1 Å². The lowest BCUT2D eigenvalue weighted by atomic mass is 9.92. The average Bonchev–Trinajstić information content (AvgIpc) is 2.84. The number of carbonyl (C=O) groups is 1. The van der Waals surface area contributed by atoms with Gasteiger partial charge in [-0.3, -0.25) is 0 Å². The third-order valence-electron chi connectivity index (χ3n) is 6.49. The molecular weight excluding hydrogens is 475 g/mol. The van der Waals surface area contributed by atoms with Gasteiger partial charge in [0.1, 0.15) is 12.0 Å². The molecule has 0 spiro atoms. The van der Waals surface area contributed by atoms with E-state index in [-0.39, 0.29) is 12.4 Å².